The fourth-order valence-electron chi connectivity index (χ4n) is 3.38. The zero-order chi connectivity index (χ0) is 14.6. The topological polar surface area (TPSA) is 0 Å². The Morgan fingerprint density at radius 3 is 2.19 bits per heavy atom. The molecule has 0 saturated heterocycles. The van der Waals surface area contributed by atoms with E-state index >= 15 is 0 Å². The van der Waals surface area contributed by atoms with Gasteiger partial charge in [0.1, 0.15) is 5.82 Å². The van der Waals surface area contributed by atoms with Crippen molar-refractivity contribution >= 4 is 32.3 Å². The van der Waals surface area contributed by atoms with E-state index in [0.717, 1.165) is 16.3 Å². The summed E-state index contributed by atoms with van der Waals surface area (Å²) < 4.78 is 14.0. The first-order chi connectivity index (χ1) is 10.2. The second kappa shape index (κ2) is 4.29. The molecule has 0 atom stereocenters. The minimum absolute atomic E-state index is 0.137. The lowest BCUT2D eigenvalue weighted by Gasteiger charge is -2.13. The average Bonchev–Trinajstić information content (AvgIpc) is 2.51. The molecule has 0 unspecified atom stereocenters. The molecule has 0 aromatic heterocycles. The van der Waals surface area contributed by atoms with E-state index in [2.05, 4.69) is 49.4 Å². The van der Waals surface area contributed by atoms with E-state index < -0.39 is 0 Å². The van der Waals surface area contributed by atoms with Crippen molar-refractivity contribution in [2.24, 2.45) is 0 Å². The first-order valence-corrected chi connectivity index (χ1v) is 7.17. The molecular formula is C20H15F. The summed E-state index contributed by atoms with van der Waals surface area (Å²) >= 11 is 0. The van der Waals surface area contributed by atoms with E-state index in [4.69, 9.17) is 0 Å². The number of halogens is 1. The molecule has 4 aromatic rings. The Morgan fingerprint density at radius 1 is 0.667 bits per heavy atom. The van der Waals surface area contributed by atoms with Crippen molar-refractivity contribution in [3.63, 3.8) is 0 Å². The molecule has 0 heterocycles. The van der Waals surface area contributed by atoms with E-state index in [1.165, 1.54) is 27.1 Å². The molecule has 0 spiro atoms. The third kappa shape index (κ3) is 1.67. The standard InChI is InChI=1S/C20H15F/c1-12-17-6-4-3-5-15(17)11-16-8-7-14-9-10-18(21)13(2)20(14)19(12)16/h3-11H,1-2H3. The highest BCUT2D eigenvalue weighted by molar-refractivity contribution is 6.15. The van der Waals surface area contributed by atoms with Gasteiger partial charge in [-0.2, -0.15) is 0 Å². The number of benzene rings is 4. The maximum atomic E-state index is 14.0. The van der Waals surface area contributed by atoms with Crippen molar-refractivity contribution in [3.8, 4) is 0 Å². The normalized spacial score (nSPS) is 11.6. The highest BCUT2D eigenvalue weighted by atomic mass is 19.1. The van der Waals surface area contributed by atoms with Crippen LogP contribution in [0.4, 0.5) is 4.39 Å². The van der Waals surface area contributed by atoms with Crippen LogP contribution in [0.3, 0.4) is 0 Å². The third-order valence-electron chi connectivity index (χ3n) is 4.46. The van der Waals surface area contributed by atoms with Crippen LogP contribution in [0.1, 0.15) is 11.1 Å². The van der Waals surface area contributed by atoms with Crippen molar-refractivity contribution in [2.75, 3.05) is 0 Å². The minimum Gasteiger partial charge on any atom is -0.207 e. The molecular weight excluding hydrogens is 259 g/mol. The summed E-state index contributed by atoms with van der Waals surface area (Å²) in [5, 5.41) is 6.95. The molecule has 0 aliphatic heterocycles. The molecule has 0 saturated carbocycles. The lowest BCUT2D eigenvalue weighted by molar-refractivity contribution is 0.621. The van der Waals surface area contributed by atoms with E-state index in [1.807, 2.05) is 13.0 Å². The fraction of sp³-hybridized carbons (Fsp3) is 0.100. The third-order valence-corrected chi connectivity index (χ3v) is 4.46. The Bertz CT molecular complexity index is 1010. The monoisotopic (exact) mass is 274 g/mol. The van der Waals surface area contributed by atoms with Crippen molar-refractivity contribution in [1.29, 1.82) is 0 Å². The summed E-state index contributed by atoms with van der Waals surface area (Å²) in [5.74, 6) is -0.137. The molecule has 0 bridgehead atoms. The van der Waals surface area contributed by atoms with Crippen LogP contribution in [0.15, 0.2) is 54.6 Å². The highest BCUT2D eigenvalue weighted by Gasteiger charge is 2.11. The number of fused-ring (bicyclic) bond motifs is 4. The SMILES string of the molecule is Cc1c(F)ccc2ccc3cc4ccccc4c(C)c3c12. The van der Waals surface area contributed by atoms with Crippen LogP contribution in [0.2, 0.25) is 0 Å². The summed E-state index contributed by atoms with van der Waals surface area (Å²) in [7, 11) is 0. The molecule has 0 aliphatic carbocycles. The predicted molar refractivity (Wildman–Crippen MR) is 88.4 cm³/mol. The Hall–Kier alpha value is -2.41. The molecule has 0 aliphatic rings. The van der Waals surface area contributed by atoms with Crippen LogP contribution >= 0.6 is 0 Å². The van der Waals surface area contributed by atoms with Gasteiger partial charge in [-0.05, 0) is 69.4 Å². The van der Waals surface area contributed by atoms with Gasteiger partial charge in [0.25, 0.3) is 0 Å². The molecule has 4 aromatic carbocycles. The first-order valence-electron chi connectivity index (χ1n) is 7.17. The van der Waals surface area contributed by atoms with Gasteiger partial charge in [-0.3, -0.25) is 0 Å². The van der Waals surface area contributed by atoms with E-state index in [-0.39, 0.29) is 5.82 Å². The van der Waals surface area contributed by atoms with Gasteiger partial charge in [0, 0.05) is 0 Å². The summed E-state index contributed by atoms with van der Waals surface area (Å²) in [6, 6.07) is 18.2. The zero-order valence-corrected chi connectivity index (χ0v) is 12.1. The van der Waals surface area contributed by atoms with E-state index in [9.17, 15) is 4.39 Å². The Balaban J connectivity index is 2.35. The van der Waals surface area contributed by atoms with Crippen LogP contribution in [0, 0.1) is 19.7 Å². The van der Waals surface area contributed by atoms with Crippen molar-refractivity contribution in [3.05, 3.63) is 71.5 Å². The molecule has 1 heteroatoms. The molecule has 102 valence electrons. The number of hydrogen-bond acceptors (Lipinski definition) is 0. The summed E-state index contributed by atoms with van der Waals surface area (Å²) in [6.45, 7) is 4.00. The second-order valence-electron chi connectivity index (χ2n) is 5.66. The lowest BCUT2D eigenvalue weighted by Crippen LogP contribution is -1.90. The molecule has 21 heavy (non-hydrogen) atoms. The van der Waals surface area contributed by atoms with Gasteiger partial charge in [-0.15, -0.1) is 0 Å². The predicted octanol–water partition coefficient (Wildman–Crippen LogP) is 5.90. The largest absolute Gasteiger partial charge is 0.207 e. The van der Waals surface area contributed by atoms with Gasteiger partial charge in [0.05, 0.1) is 0 Å². The smallest absolute Gasteiger partial charge is 0.126 e. The maximum absolute atomic E-state index is 14.0. The van der Waals surface area contributed by atoms with Crippen LogP contribution in [-0.2, 0) is 0 Å². The Morgan fingerprint density at radius 2 is 1.33 bits per heavy atom. The first kappa shape index (κ1) is 12.3. The van der Waals surface area contributed by atoms with Crippen molar-refractivity contribution in [1.82, 2.24) is 0 Å². The Labute approximate surface area is 122 Å². The van der Waals surface area contributed by atoms with Crippen LogP contribution < -0.4 is 0 Å². The number of aryl methyl sites for hydroxylation is 2. The summed E-state index contributed by atoms with van der Waals surface area (Å²) in [4.78, 5) is 0. The van der Waals surface area contributed by atoms with Gasteiger partial charge >= 0.3 is 0 Å². The summed E-state index contributed by atoms with van der Waals surface area (Å²) in [6.07, 6.45) is 0. The van der Waals surface area contributed by atoms with Crippen molar-refractivity contribution in [2.45, 2.75) is 13.8 Å². The highest BCUT2D eigenvalue weighted by Crippen LogP contribution is 2.35. The molecule has 0 nitrogen and oxygen atoms in total. The molecule has 0 amide bonds. The van der Waals surface area contributed by atoms with E-state index in [1.54, 1.807) is 6.07 Å². The number of rotatable bonds is 0. The van der Waals surface area contributed by atoms with E-state index in [0.29, 0.717) is 0 Å². The van der Waals surface area contributed by atoms with Gasteiger partial charge in [-0.25, -0.2) is 4.39 Å². The average molecular weight is 274 g/mol. The van der Waals surface area contributed by atoms with Crippen LogP contribution in [0.25, 0.3) is 32.3 Å². The van der Waals surface area contributed by atoms with Gasteiger partial charge < -0.3 is 0 Å². The van der Waals surface area contributed by atoms with Crippen LogP contribution in [-0.4, -0.2) is 0 Å². The lowest BCUT2D eigenvalue weighted by atomic mass is 9.91. The molecule has 0 radical (unpaired) electrons. The molecule has 0 fully saturated rings. The van der Waals surface area contributed by atoms with Gasteiger partial charge in [-0.1, -0.05) is 42.5 Å². The van der Waals surface area contributed by atoms with Crippen LogP contribution in [0.5, 0.6) is 0 Å². The number of hydrogen-bond donors (Lipinski definition) is 0. The van der Waals surface area contributed by atoms with Gasteiger partial charge in [0.15, 0.2) is 0 Å². The molecule has 4 rings (SSSR count). The second-order valence-corrected chi connectivity index (χ2v) is 5.66. The quantitative estimate of drug-likeness (QED) is 0.276. The zero-order valence-electron chi connectivity index (χ0n) is 12.1. The Kier molecular flexibility index (Phi) is 2.52. The molecule has 0 N–H and O–H groups in total. The van der Waals surface area contributed by atoms with Crippen molar-refractivity contribution < 1.29 is 4.39 Å². The summed E-state index contributed by atoms with van der Waals surface area (Å²) in [5.41, 5.74) is 1.96. The minimum atomic E-state index is -0.137. The fourth-order valence-corrected chi connectivity index (χ4v) is 3.38. The maximum Gasteiger partial charge on any atom is 0.126 e. The van der Waals surface area contributed by atoms with Gasteiger partial charge in [0.2, 0.25) is 0 Å².